The summed E-state index contributed by atoms with van der Waals surface area (Å²) in [6.45, 7) is 19.3. The minimum absolute atomic E-state index is 0.0618. The summed E-state index contributed by atoms with van der Waals surface area (Å²) < 4.78 is 0. The zero-order valence-electron chi connectivity index (χ0n) is 27.3. The second-order valence-corrected chi connectivity index (χ2v) is 16.2. The van der Waals surface area contributed by atoms with Crippen molar-refractivity contribution in [2.75, 3.05) is 9.80 Å². The fourth-order valence-corrected chi connectivity index (χ4v) is 9.07. The Morgan fingerprint density at radius 2 is 1.33 bits per heavy atom. The fourth-order valence-electron chi connectivity index (χ4n) is 9.07. The van der Waals surface area contributed by atoms with Crippen molar-refractivity contribution < 1.29 is 0 Å². The minimum atomic E-state index is 0.0618. The van der Waals surface area contributed by atoms with Gasteiger partial charge in [0.15, 0.2) is 0 Å². The Hall–Kier alpha value is -3.46. The van der Waals surface area contributed by atoms with Crippen LogP contribution in [0.15, 0.2) is 78.9 Å². The molecule has 4 aromatic carbocycles. The van der Waals surface area contributed by atoms with Gasteiger partial charge in [0.1, 0.15) is 0 Å². The minimum Gasteiger partial charge on any atom is -0.335 e. The highest BCUT2D eigenvalue weighted by molar-refractivity contribution is 7.00. The average Bonchev–Trinajstić information content (AvgIpc) is 3.18. The van der Waals surface area contributed by atoms with Gasteiger partial charge in [0.2, 0.25) is 0 Å². The van der Waals surface area contributed by atoms with Gasteiger partial charge in [0.05, 0.1) is 5.54 Å². The second-order valence-electron chi connectivity index (χ2n) is 16.2. The SMILES string of the molecule is CC(C)(C)c1cccc(N2c3cc(C(C)(C)C)ccc3B3c4cccc5c4N(c4cccc2c43)C2(C)CCCCC52C)c1. The van der Waals surface area contributed by atoms with Crippen molar-refractivity contribution in [3.63, 3.8) is 0 Å². The first-order chi connectivity index (χ1) is 20.3. The summed E-state index contributed by atoms with van der Waals surface area (Å²) in [6.07, 6.45) is 5.10. The first-order valence-electron chi connectivity index (χ1n) is 16.5. The summed E-state index contributed by atoms with van der Waals surface area (Å²) in [4.78, 5) is 5.40. The van der Waals surface area contributed by atoms with Crippen molar-refractivity contribution in [3.05, 3.63) is 95.6 Å². The molecule has 3 heterocycles. The molecule has 0 radical (unpaired) electrons. The maximum absolute atomic E-state index is 2.81. The third kappa shape index (κ3) is 3.48. The largest absolute Gasteiger partial charge is 0.335 e. The highest BCUT2D eigenvalue weighted by Crippen LogP contribution is 2.61. The van der Waals surface area contributed by atoms with Crippen LogP contribution in [0.2, 0.25) is 0 Å². The van der Waals surface area contributed by atoms with Crippen molar-refractivity contribution in [2.24, 2.45) is 0 Å². The van der Waals surface area contributed by atoms with Crippen molar-refractivity contribution in [1.82, 2.24) is 0 Å². The topological polar surface area (TPSA) is 6.48 Å². The molecule has 3 aliphatic heterocycles. The van der Waals surface area contributed by atoms with E-state index in [4.69, 9.17) is 0 Å². The summed E-state index contributed by atoms with van der Waals surface area (Å²) >= 11 is 0. The molecule has 4 aromatic rings. The van der Waals surface area contributed by atoms with Gasteiger partial charge in [-0.3, -0.25) is 0 Å². The smallest absolute Gasteiger partial charge is 0.252 e. The molecule has 0 amide bonds. The Labute approximate surface area is 259 Å². The zero-order chi connectivity index (χ0) is 30.1. The molecule has 0 spiro atoms. The monoisotopic (exact) mass is 564 g/mol. The quantitative estimate of drug-likeness (QED) is 0.188. The first kappa shape index (κ1) is 27.1. The van der Waals surface area contributed by atoms with E-state index < -0.39 is 0 Å². The number of anilines is 5. The Balaban J connectivity index is 1.46. The molecule has 1 aliphatic carbocycles. The lowest BCUT2D eigenvalue weighted by atomic mass is 9.33. The molecule has 218 valence electrons. The van der Waals surface area contributed by atoms with E-state index in [9.17, 15) is 0 Å². The van der Waals surface area contributed by atoms with Gasteiger partial charge in [-0.1, -0.05) is 110 Å². The van der Waals surface area contributed by atoms with Gasteiger partial charge in [-0.25, -0.2) is 0 Å². The van der Waals surface area contributed by atoms with Gasteiger partial charge in [-0.15, -0.1) is 0 Å². The standard InChI is InChI=1S/C40H45BN2/c1-37(2,3)26-14-11-15-28(24-26)42-32-18-13-19-33-35(32)41(30-21-20-27(25-34(30)42)38(4,5)6)31-17-12-16-29-36(31)43(33)40(8)23-10-9-22-39(29,40)7/h11-21,24-25H,9-10,22-23H2,1-8H3. The molecule has 0 aromatic heterocycles. The highest BCUT2D eigenvalue weighted by Gasteiger charge is 2.61. The van der Waals surface area contributed by atoms with Crippen LogP contribution in [0.1, 0.15) is 97.8 Å². The van der Waals surface area contributed by atoms with Gasteiger partial charge in [0, 0.05) is 33.9 Å². The third-order valence-corrected chi connectivity index (χ3v) is 11.7. The summed E-state index contributed by atoms with van der Waals surface area (Å²) in [5.74, 6) is 0. The van der Waals surface area contributed by atoms with Crippen LogP contribution >= 0.6 is 0 Å². The van der Waals surface area contributed by atoms with E-state index >= 15 is 0 Å². The highest BCUT2D eigenvalue weighted by atomic mass is 15.3. The van der Waals surface area contributed by atoms with Gasteiger partial charge < -0.3 is 9.80 Å². The summed E-state index contributed by atoms with van der Waals surface area (Å²) in [5, 5.41) is 0. The summed E-state index contributed by atoms with van der Waals surface area (Å²) in [5.41, 5.74) is 15.9. The van der Waals surface area contributed by atoms with E-state index in [0.717, 1.165) is 0 Å². The van der Waals surface area contributed by atoms with E-state index in [-0.39, 0.29) is 28.5 Å². The molecule has 2 unspecified atom stereocenters. The number of benzene rings is 4. The van der Waals surface area contributed by atoms with Crippen LogP contribution in [-0.2, 0) is 16.2 Å². The van der Waals surface area contributed by atoms with E-state index in [0.29, 0.717) is 0 Å². The lowest BCUT2D eigenvalue weighted by Gasteiger charge is -2.52. The van der Waals surface area contributed by atoms with E-state index in [1.807, 2.05) is 0 Å². The number of nitrogens with zero attached hydrogens (tertiary/aromatic N) is 2. The van der Waals surface area contributed by atoms with Gasteiger partial charge >= 0.3 is 0 Å². The first-order valence-corrected chi connectivity index (χ1v) is 16.5. The molecule has 1 fully saturated rings. The normalized spacial score (nSPS) is 23.5. The third-order valence-electron chi connectivity index (χ3n) is 11.7. The molecule has 0 saturated heterocycles. The molecule has 3 heteroatoms. The van der Waals surface area contributed by atoms with Crippen LogP contribution < -0.4 is 26.2 Å². The van der Waals surface area contributed by atoms with Crippen LogP contribution in [0.3, 0.4) is 0 Å². The molecular weight excluding hydrogens is 519 g/mol. The molecule has 2 nitrogen and oxygen atoms in total. The number of hydrogen-bond donors (Lipinski definition) is 0. The van der Waals surface area contributed by atoms with Crippen LogP contribution in [-0.4, -0.2) is 12.3 Å². The molecule has 0 bridgehead atoms. The lowest BCUT2D eigenvalue weighted by molar-refractivity contribution is 0.195. The Kier molecular flexibility index (Phi) is 5.42. The van der Waals surface area contributed by atoms with Crippen molar-refractivity contribution in [1.29, 1.82) is 0 Å². The molecule has 4 aliphatic rings. The van der Waals surface area contributed by atoms with Crippen LogP contribution in [0.25, 0.3) is 0 Å². The van der Waals surface area contributed by atoms with Crippen molar-refractivity contribution in [2.45, 2.75) is 103 Å². The van der Waals surface area contributed by atoms with E-state index in [1.54, 1.807) is 5.56 Å². The maximum Gasteiger partial charge on any atom is 0.252 e. The predicted molar refractivity (Wildman–Crippen MR) is 186 cm³/mol. The van der Waals surface area contributed by atoms with Gasteiger partial charge in [0.25, 0.3) is 6.71 Å². The second kappa shape index (κ2) is 8.59. The lowest BCUT2D eigenvalue weighted by Crippen LogP contribution is -2.64. The van der Waals surface area contributed by atoms with Crippen LogP contribution in [0, 0.1) is 0 Å². The maximum atomic E-state index is 2.81. The Morgan fingerprint density at radius 1 is 0.651 bits per heavy atom. The van der Waals surface area contributed by atoms with Gasteiger partial charge in [-0.05, 0) is 94.0 Å². The molecular formula is C40H45BN2. The van der Waals surface area contributed by atoms with Crippen LogP contribution in [0.5, 0.6) is 0 Å². The van der Waals surface area contributed by atoms with E-state index in [1.165, 1.54) is 81.6 Å². The summed E-state index contributed by atoms with van der Waals surface area (Å²) in [7, 11) is 0. The van der Waals surface area contributed by atoms with Gasteiger partial charge in [-0.2, -0.15) is 0 Å². The molecule has 2 atom stereocenters. The number of rotatable bonds is 1. The van der Waals surface area contributed by atoms with E-state index in [2.05, 4.69) is 144 Å². The number of para-hydroxylation sites is 1. The molecule has 8 rings (SSSR count). The predicted octanol–water partition coefficient (Wildman–Crippen LogP) is 8.64. The molecule has 1 saturated carbocycles. The average molecular weight is 565 g/mol. The fraction of sp³-hybridized carbons (Fsp3) is 0.400. The number of hydrogen-bond acceptors (Lipinski definition) is 2. The zero-order valence-corrected chi connectivity index (χ0v) is 27.3. The molecule has 43 heavy (non-hydrogen) atoms. The summed E-state index contributed by atoms with van der Waals surface area (Å²) in [6, 6.07) is 31.0. The van der Waals surface area contributed by atoms with Crippen molar-refractivity contribution >= 4 is 51.5 Å². The molecule has 0 N–H and O–H groups in total. The van der Waals surface area contributed by atoms with Crippen molar-refractivity contribution in [3.8, 4) is 0 Å². The Morgan fingerprint density at radius 3 is 2.09 bits per heavy atom. The number of fused-ring (bicyclic) bond motifs is 7. The van der Waals surface area contributed by atoms with Crippen LogP contribution in [0.4, 0.5) is 28.4 Å². The Bertz CT molecular complexity index is 1810.